The molecule has 3 amide bonds. The summed E-state index contributed by atoms with van der Waals surface area (Å²) < 4.78 is 10.5. The number of aromatic nitrogens is 1. The smallest absolute Gasteiger partial charge is 0.318 e. The highest BCUT2D eigenvalue weighted by molar-refractivity contribution is 5.94. The van der Waals surface area contributed by atoms with E-state index in [4.69, 9.17) is 9.47 Å². The number of hydrogen-bond acceptors (Lipinski definition) is 4. The van der Waals surface area contributed by atoms with Crippen molar-refractivity contribution >= 4 is 28.5 Å². The third-order valence-electron chi connectivity index (χ3n) is 5.23. The molecule has 3 aromatic rings. The lowest BCUT2D eigenvalue weighted by molar-refractivity contribution is -0.115. The highest BCUT2D eigenvalue weighted by atomic mass is 16.7. The second-order valence-corrected chi connectivity index (χ2v) is 7.07. The minimum atomic E-state index is -0.305. The first-order valence-electron chi connectivity index (χ1n) is 9.48. The largest absolute Gasteiger partial charge is 0.454 e. The summed E-state index contributed by atoms with van der Waals surface area (Å²) in [5.41, 5.74) is 4.00. The third-order valence-corrected chi connectivity index (χ3v) is 5.23. The highest BCUT2D eigenvalue weighted by Gasteiger charge is 2.24. The molecular formula is C21H20N4O4. The molecule has 29 heavy (non-hydrogen) atoms. The van der Waals surface area contributed by atoms with Gasteiger partial charge in [0.25, 0.3) is 0 Å². The highest BCUT2D eigenvalue weighted by Crippen LogP contribution is 2.34. The number of para-hydroxylation sites is 1. The van der Waals surface area contributed by atoms with Crippen LogP contribution in [0.3, 0.4) is 0 Å². The zero-order valence-corrected chi connectivity index (χ0v) is 15.7. The van der Waals surface area contributed by atoms with Gasteiger partial charge in [0.1, 0.15) is 0 Å². The average molecular weight is 392 g/mol. The number of fused-ring (bicyclic) bond motifs is 4. The first kappa shape index (κ1) is 17.4. The van der Waals surface area contributed by atoms with Crippen molar-refractivity contribution in [1.82, 2.24) is 15.2 Å². The van der Waals surface area contributed by atoms with Gasteiger partial charge in [-0.2, -0.15) is 0 Å². The maximum atomic E-state index is 12.5. The molecular weight excluding hydrogens is 372 g/mol. The molecule has 0 spiro atoms. The van der Waals surface area contributed by atoms with Crippen molar-refractivity contribution in [3.05, 3.63) is 53.7 Å². The zero-order valence-electron chi connectivity index (χ0n) is 15.7. The second-order valence-electron chi connectivity index (χ2n) is 7.07. The summed E-state index contributed by atoms with van der Waals surface area (Å²) in [6.45, 7) is 1.18. The van der Waals surface area contributed by atoms with Crippen molar-refractivity contribution < 1.29 is 19.1 Å². The maximum Gasteiger partial charge on any atom is 0.318 e. The molecule has 8 nitrogen and oxygen atoms in total. The number of nitrogens with zero attached hydrogens (tertiary/aromatic N) is 1. The fourth-order valence-electron chi connectivity index (χ4n) is 3.81. The molecule has 0 bridgehead atoms. The number of amides is 3. The van der Waals surface area contributed by atoms with Crippen LogP contribution in [0.2, 0.25) is 0 Å². The molecule has 1 aromatic heterocycles. The van der Waals surface area contributed by atoms with E-state index in [0.29, 0.717) is 30.3 Å². The summed E-state index contributed by atoms with van der Waals surface area (Å²) in [6.07, 6.45) is 0.788. The first-order chi connectivity index (χ1) is 14.2. The van der Waals surface area contributed by atoms with Crippen LogP contribution in [0.5, 0.6) is 11.5 Å². The fraction of sp³-hybridized carbons (Fsp3) is 0.238. The summed E-state index contributed by atoms with van der Waals surface area (Å²) in [5.74, 6) is 0.938. The minimum absolute atomic E-state index is 0.108. The maximum absolute atomic E-state index is 12.5. The standard InChI is InChI=1S/C21H20N4O4/c26-20(23-13-5-6-18-19(9-13)29-12-28-18)10-22-21(27)25-8-7-15-14-3-1-2-4-16(14)24-17(15)11-25/h1-6,9,24H,7-8,10-12H2,(H,22,27)(H,23,26). The normalized spacial score (nSPS) is 14.6. The third kappa shape index (κ3) is 3.33. The van der Waals surface area contributed by atoms with Crippen LogP contribution in [0.1, 0.15) is 11.3 Å². The summed E-state index contributed by atoms with van der Waals surface area (Å²) >= 11 is 0. The fourth-order valence-corrected chi connectivity index (χ4v) is 3.81. The molecule has 2 aliphatic rings. The molecule has 0 aliphatic carbocycles. The van der Waals surface area contributed by atoms with E-state index < -0.39 is 0 Å². The Morgan fingerprint density at radius 2 is 1.97 bits per heavy atom. The van der Waals surface area contributed by atoms with Crippen LogP contribution in [-0.2, 0) is 17.8 Å². The van der Waals surface area contributed by atoms with Gasteiger partial charge < -0.3 is 30.0 Å². The van der Waals surface area contributed by atoms with Gasteiger partial charge in [0.05, 0.1) is 13.1 Å². The van der Waals surface area contributed by atoms with Gasteiger partial charge in [-0.1, -0.05) is 18.2 Å². The quantitative estimate of drug-likeness (QED) is 0.638. The lowest BCUT2D eigenvalue weighted by atomic mass is 10.0. The van der Waals surface area contributed by atoms with Crippen molar-refractivity contribution in [2.45, 2.75) is 13.0 Å². The van der Waals surface area contributed by atoms with E-state index >= 15 is 0 Å². The van der Waals surface area contributed by atoms with E-state index in [0.717, 1.165) is 17.6 Å². The summed E-state index contributed by atoms with van der Waals surface area (Å²) in [5, 5.41) is 6.66. The molecule has 5 rings (SSSR count). The molecule has 148 valence electrons. The number of ether oxygens (including phenoxy) is 2. The Kier molecular flexibility index (Phi) is 4.23. The lowest BCUT2D eigenvalue weighted by Crippen LogP contribution is -2.45. The molecule has 2 aliphatic heterocycles. The topological polar surface area (TPSA) is 95.7 Å². The van der Waals surface area contributed by atoms with Crippen molar-refractivity contribution in [1.29, 1.82) is 0 Å². The molecule has 3 N–H and O–H groups in total. The molecule has 0 atom stereocenters. The van der Waals surface area contributed by atoms with Crippen LogP contribution in [0.4, 0.5) is 10.5 Å². The van der Waals surface area contributed by atoms with Gasteiger partial charge >= 0.3 is 6.03 Å². The number of benzene rings is 2. The zero-order chi connectivity index (χ0) is 19.8. The van der Waals surface area contributed by atoms with Gasteiger partial charge in [0.15, 0.2) is 11.5 Å². The van der Waals surface area contributed by atoms with E-state index in [1.54, 1.807) is 23.1 Å². The second kappa shape index (κ2) is 7.05. The number of hydrogen-bond donors (Lipinski definition) is 3. The van der Waals surface area contributed by atoms with Crippen molar-refractivity contribution in [2.75, 3.05) is 25.2 Å². The van der Waals surface area contributed by atoms with Gasteiger partial charge in [0.2, 0.25) is 12.7 Å². The molecule has 0 radical (unpaired) electrons. The van der Waals surface area contributed by atoms with E-state index in [1.165, 1.54) is 10.9 Å². The monoisotopic (exact) mass is 392 g/mol. The van der Waals surface area contributed by atoms with Crippen molar-refractivity contribution in [2.24, 2.45) is 0 Å². The van der Waals surface area contributed by atoms with Gasteiger partial charge in [0, 0.05) is 34.9 Å². The number of nitrogens with one attached hydrogen (secondary N) is 3. The molecule has 0 fully saturated rings. The number of carbonyl (C=O) groups excluding carboxylic acids is 2. The minimum Gasteiger partial charge on any atom is -0.454 e. The molecule has 0 unspecified atom stereocenters. The van der Waals surface area contributed by atoms with Crippen LogP contribution in [0.15, 0.2) is 42.5 Å². The molecule has 2 aromatic carbocycles. The van der Waals surface area contributed by atoms with E-state index in [9.17, 15) is 9.59 Å². The Labute approximate surface area is 166 Å². The number of rotatable bonds is 3. The Morgan fingerprint density at radius 3 is 2.90 bits per heavy atom. The molecule has 3 heterocycles. The number of aromatic amines is 1. The summed E-state index contributed by atoms with van der Waals surface area (Å²) in [4.78, 5) is 29.8. The van der Waals surface area contributed by atoms with Crippen LogP contribution in [0.25, 0.3) is 10.9 Å². The van der Waals surface area contributed by atoms with E-state index in [1.807, 2.05) is 18.2 Å². The number of carbonyl (C=O) groups is 2. The molecule has 0 saturated heterocycles. The average Bonchev–Trinajstić information content (AvgIpc) is 3.35. The van der Waals surface area contributed by atoms with Gasteiger partial charge in [-0.15, -0.1) is 0 Å². The Bertz CT molecular complexity index is 1110. The Morgan fingerprint density at radius 1 is 1.10 bits per heavy atom. The number of urea groups is 1. The van der Waals surface area contributed by atoms with Gasteiger partial charge in [-0.05, 0) is 30.2 Å². The number of anilines is 1. The van der Waals surface area contributed by atoms with E-state index in [2.05, 4.69) is 21.7 Å². The molecule has 8 heteroatoms. The van der Waals surface area contributed by atoms with Crippen LogP contribution >= 0.6 is 0 Å². The van der Waals surface area contributed by atoms with Crippen molar-refractivity contribution in [3.8, 4) is 11.5 Å². The Balaban J connectivity index is 1.17. The summed E-state index contributed by atoms with van der Waals surface area (Å²) in [6, 6.07) is 13.1. The van der Waals surface area contributed by atoms with Gasteiger partial charge in [-0.25, -0.2) is 4.79 Å². The number of H-pyrrole nitrogens is 1. The van der Waals surface area contributed by atoms with E-state index in [-0.39, 0.29) is 25.3 Å². The molecule has 0 saturated carbocycles. The predicted molar refractivity (Wildman–Crippen MR) is 107 cm³/mol. The van der Waals surface area contributed by atoms with Crippen LogP contribution in [-0.4, -0.2) is 41.7 Å². The first-order valence-corrected chi connectivity index (χ1v) is 9.48. The van der Waals surface area contributed by atoms with Crippen molar-refractivity contribution in [3.63, 3.8) is 0 Å². The van der Waals surface area contributed by atoms with Gasteiger partial charge in [-0.3, -0.25) is 4.79 Å². The Hall–Kier alpha value is -3.68. The lowest BCUT2D eigenvalue weighted by Gasteiger charge is -2.27. The summed E-state index contributed by atoms with van der Waals surface area (Å²) in [7, 11) is 0. The van der Waals surface area contributed by atoms with Crippen LogP contribution < -0.4 is 20.1 Å². The predicted octanol–water partition coefficient (Wildman–Crippen LogP) is 2.60. The SMILES string of the molecule is O=C(CNC(=O)N1CCc2c([nH]c3ccccc23)C1)Nc1ccc2c(c1)OCO2. The van der Waals surface area contributed by atoms with Crippen LogP contribution in [0, 0.1) is 0 Å².